The molecule has 1 amide bonds. The third-order valence-corrected chi connectivity index (χ3v) is 2.20. The van der Waals surface area contributed by atoms with Crippen LogP contribution in [0.2, 0.25) is 0 Å². The Morgan fingerprint density at radius 1 is 1.39 bits per heavy atom. The molecule has 0 fully saturated rings. The number of ether oxygens (including phenoxy) is 1. The van der Waals surface area contributed by atoms with Gasteiger partial charge in [-0.1, -0.05) is 12.1 Å². The van der Waals surface area contributed by atoms with Gasteiger partial charge >= 0.3 is 0 Å². The van der Waals surface area contributed by atoms with Crippen LogP contribution in [-0.4, -0.2) is 19.1 Å². The van der Waals surface area contributed by atoms with Crippen molar-refractivity contribution >= 4 is 12.0 Å². The van der Waals surface area contributed by atoms with E-state index >= 15 is 0 Å². The molecule has 1 aromatic carbocycles. The summed E-state index contributed by atoms with van der Waals surface area (Å²) in [5.74, 6) is -0.00901. The van der Waals surface area contributed by atoms with Crippen LogP contribution in [0.1, 0.15) is 25.0 Å². The van der Waals surface area contributed by atoms with Crippen LogP contribution in [0.25, 0.3) is 6.08 Å². The lowest BCUT2D eigenvalue weighted by atomic mass is 10.1. The average Bonchev–Trinajstić information content (AvgIpc) is 2.35. The largest absolute Gasteiger partial charge is 0.491 e. The van der Waals surface area contributed by atoms with E-state index in [1.165, 1.54) is 7.11 Å². The molecule has 0 spiro atoms. The first-order valence-corrected chi connectivity index (χ1v) is 5.63. The number of benzene rings is 1. The van der Waals surface area contributed by atoms with E-state index in [1.807, 2.05) is 19.9 Å². The number of hydrogen-bond donors (Lipinski definition) is 1. The zero-order chi connectivity index (χ0) is 13.5. The van der Waals surface area contributed by atoms with E-state index in [9.17, 15) is 4.79 Å². The van der Waals surface area contributed by atoms with Gasteiger partial charge in [0.05, 0.1) is 18.7 Å². The zero-order valence-corrected chi connectivity index (χ0v) is 10.7. The molecule has 0 aliphatic carbocycles. The lowest BCUT2D eigenvalue weighted by Gasteiger charge is -2.10. The van der Waals surface area contributed by atoms with Gasteiger partial charge in [-0.15, -0.1) is 0 Å². The Hall–Kier alpha value is -2.28. The van der Waals surface area contributed by atoms with Gasteiger partial charge in [-0.2, -0.15) is 5.26 Å². The highest BCUT2D eigenvalue weighted by Crippen LogP contribution is 2.09. The van der Waals surface area contributed by atoms with Gasteiger partial charge in [-0.05, 0) is 37.6 Å². The SMILES string of the molecule is CO/C(=C\c1ccc(C#N)cc1)C(=O)NC(C)C. The minimum atomic E-state index is -0.253. The molecule has 0 saturated heterocycles. The number of carbonyl (C=O) groups is 1. The summed E-state index contributed by atoms with van der Waals surface area (Å²) >= 11 is 0. The smallest absolute Gasteiger partial charge is 0.286 e. The van der Waals surface area contributed by atoms with Crippen molar-refractivity contribution in [1.82, 2.24) is 5.32 Å². The summed E-state index contributed by atoms with van der Waals surface area (Å²) < 4.78 is 5.06. The van der Waals surface area contributed by atoms with Gasteiger partial charge in [0, 0.05) is 6.04 Å². The van der Waals surface area contributed by atoms with Crippen LogP contribution in [0.4, 0.5) is 0 Å². The Bertz CT molecular complexity index is 482. The van der Waals surface area contributed by atoms with Crippen molar-refractivity contribution in [3.63, 3.8) is 0 Å². The molecular formula is C14H16N2O2. The van der Waals surface area contributed by atoms with Crippen molar-refractivity contribution in [2.75, 3.05) is 7.11 Å². The number of rotatable bonds is 4. The van der Waals surface area contributed by atoms with Crippen molar-refractivity contribution in [1.29, 1.82) is 5.26 Å². The highest BCUT2D eigenvalue weighted by Gasteiger charge is 2.10. The van der Waals surface area contributed by atoms with Gasteiger partial charge in [0.25, 0.3) is 5.91 Å². The Morgan fingerprint density at radius 2 is 2.00 bits per heavy atom. The number of nitrogens with one attached hydrogen (secondary N) is 1. The van der Waals surface area contributed by atoms with Crippen LogP contribution >= 0.6 is 0 Å². The van der Waals surface area contributed by atoms with E-state index in [4.69, 9.17) is 10.00 Å². The lowest BCUT2D eigenvalue weighted by molar-refractivity contribution is -0.120. The van der Waals surface area contributed by atoms with Crippen molar-refractivity contribution in [2.45, 2.75) is 19.9 Å². The zero-order valence-electron chi connectivity index (χ0n) is 10.7. The molecule has 1 N–H and O–H groups in total. The van der Waals surface area contributed by atoms with Crippen LogP contribution in [-0.2, 0) is 9.53 Å². The summed E-state index contributed by atoms with van der Waals surface area (Å²) in [5, 5.41) is 11.4. The second-order valence-electron chi connectivity index (χ2n) is 4.07. The topological polar surface area (TPSA) is 62.1 Å². The maximum Gasteiger partial charge on any atom is 0.286 e. The minimum Gasteiger partial charge on any atom is -0.491 e. The summed E-state index contributed by atoms with van der Waals surface area (Å²) in [6.07, 6.45) is 1.64. The van der Waals surface area contributed by atoms with Crippen molar-refractivity contribution in [2.24, 2.45) is 0 Å². The molecule has 0 aliphatic rings. The predicted octanol–water partition coefficient (Wildman–Crippen LogP) is 2.07. The van der Waals surface area contributed by atoms with Crippen molar-refractivity contribution in [3.05, 3.63) is 41.2 Å². The molecule has 94 valence electrons. The highest BCUT2D eigenvalue weighted by molar-refractivity contribution is 5.95. The third kappa shape index (κ3) is 3.95. The Morgan fingerprint density at radius 3 is 2.44 bits per heavy atom. The molecule has 0 heterocycles. The summed E-state index contributed by atoms with van der Waals surface area (Å²) in [7, 11) is 1.45. The first-order valence-electron chi connectivity index (χ1n) is 5.63. The molecule has 4 nitrogen and oxygen atoms in total. The maximum atomic E-state index is 11.8. The Labute approximate surface area is 107 Å². The molecule has 1 rings (SSSR count). The van der Waals surface area contributed by atoms with Gasteiger partial charge in [-0.3, -0.25) is 4.79 Å². The lowest BCUT2D eigenvalue weighted by Crippen LogP contribution is -2.31. The molecular weight excluding hydrogens is 228 g/mol. The molecule has 0 aromatic heterocycles. The number of nitrogens with zero attached hydrogens (tertiary/aromatic N) is 1. The minimum absolute atomic E-state index is 0.0528. The van der Waals surface area contributed by atoms with Crippen LogP contribution in [0, 0.1) is 11.3 Å². The Balaban J connectivity index is 2.90. The van der Waals surface area contributed by atoms with Gasteiger partial charge in [0.15, 0.2) is 5.76 Å². The van der Waals surface area contributed by atoms with E-state index in [-0.39, 0.29) is 17.7 Å². The molecule has 0 atom stereocenters. The average molecular weight is 244 g/mol. The van der Waals surface area contributed by atoms with E-state index in [0.29, 0.717) is 5.56 Å². The van der Waals surface area contributed by atoms with Crippen LogP contribution in [0.3, 0.4) is 0 Å². The second kappa shape index (κ2) is 6.45. The quantitative estimate of drug-likeness (QED) is 0.651. The monoisotopic (exact) mass is 244 g/mol. The molecule has 0 radical (unpaired) electrons. The van der Waals surface area contributed by atoms with E-state index in [1.54, 1.807) is 30.3 Å². The third-order valence-electron chi connectivity index (χ3n) is 2.20. The molecule has 18 heavy (non-hydrogen) atoms. The van der Waals surface area contributed by atoms with Crippen molar-refractivity contribution in [3.8, 4) is 6.07 Å². The number of methoxy groups -OCH3 is 1. The first kappa shape index (κ1) is 13.8. The van der Waals surface area contributed by atoms with Gasteiger partial charge < -0.3 is 10.1 Å². The Kier molecular flexibility index (Phi) is 4.94. The molecule has 0 aliphatic heterocycles. The normalized spacial score (nSPS) is 10.9. The number of amides is 1. The number of hydrogen-bond acceptors (Lipinski definition) is 3. The van der Waals surface area contributed by atoms with E-state index in [2.05, 4.69) is 5.32 Å². The molecule has 1 aromatic rings. The fourth-order valence-corrected chi connectivity index (χ4v) is 1.36. The van der Waals surface area contributed by atoms with Crippen molar-refractivity contribution < 1.29 is 9.53 Å². The van der Waals surface area contributed by atoms with Gasteiger partial charge in [-0.25, -0.2) is 0 Å². The van der Waals surface area contributed by atoms with E-state index in [0.717, 1.165) is 5.56 Å². The molecule has 0 saturated carbocycles. The predicted molar refractivity (Wildman–Crippen MR) is 69.4 cm³/mol. The molecule has 4 heteroatoms. The van der Waals surface area contributed by atoms with Gasteiger partial charge in [0.2, 0.25) is 0 Å². The fraction of sp³-hybridized carbons (Fsp3) is 0.286. The first-order chi connectivity index (χ1) is 8.56. The van der Waals surface area contributed by atoms with E-state index < -0.39 is 0 Å². The number of nitriles is 1. The van der Waals surface area contributed by atoms with Crippen LogP contribution < -0.4 is 5.32 Å². The highest BCUT2D eigenvalue weighted by atomic mass is 16.5. The summed E-state index contributed by atoms with van der Waals surface area (Å²) in [6.45, 7) is 3.76. The maximum absolute atomic E-state index is 11.8. The van der Waals surface area contributed by atoms with Crippen LogP contribution in [0.15, 0.2) is 30.0 Å². The fourth-order valence-electron chi connectivity index (χ4n) is 1.36. The second-order valence-corrected chi connectivity index (χ2v) is 4.07. The number of carbonyl (C=O) groups excluding carboxylic acids is 1. The van der Waals surface area contributed by atoms with Gasteiger partial charge in [0.1, 0.15) is 0 Å². The van der Waals surface area contributed by atoms with Crippen LogP contribution in [0.5, 0.6) is 0 Å². The molecule has 0 unspecified atom stereocenters. The standard InChI is InChI=1S/C14H16N2O2/c1-10(2)16-14(17)13(18-3)8-11-4-6-12(9-15)7-5-11/h4-8,10H,1-3H3,(H,16,17)/b13-8-. The summed E-state index contributed by atoms with van der Waals surface area (Å²) in [4.78, 5) is 11.8. The summed E-state index contributed by atoms with van der Waals surface area (Å²) in [6, 6.07) is 9.01. The summed E-state index contributed by atoms with van der Waals surface area (Å²) in [5.41, 5.74) is 1.39. The molecule has 0 bridgehead atoms.